The summed E-state index contributed by atoms with van der Waals surface area (Å²) in [5.74, 6) is 0. The Kier molecular flexibility index (Phi) is 4.29. The Morgan fingerprint density at radius 3 is 2.32 bits per heavy atom. The second-order valence-corrected chi connectivity index (χ2v) is 5.19. The molecule has 1 aromatic rings. The number of rotatable bonds is 4. The van der Waals surface area contributed by atoms with E-state index in [2.05, 4.69) is 4.90 Å². The molecule has 1 aliphatic rings. The molecule has 4 N–H and O–H groups in total. The predicted octanol–water partition coefficient (Wildman–Crippen LogP) is 0.826. The van der Waals surface area contributed by atoms with Gasteiger partial charge in [-0.15, -0.1) is 0 Å². The van der Waals surface area contributed by atoms with Crippen LogP contribution in [0.5, 0.6) is 0 Å². The van der Waals surface area contributed by atoms with Crippen LogP contribution in [0.4, 0.5) is 11.4 Å². The van der Waals surface area contributed by atoms with Crippen molar-refractivity contribution in [3.8, 4) is 0 Å². The van der Waals surface area contributed by atoms with Crippen LogP contribution in [0.25, 0.3) is 0 Å². The van der Waals surface area contributed by atoms with Crippen molar-refractivity contribution in [1.29, 1.82) is 0 Å². The molecule has 1 saturated heterocycles. The third-order valence-electron chi connectivity index (χ3n) is 3.71. The first kappa shape index (κ1) is 14.1. The highest BCUT2D eigenvalue weighted by Gasteiger charge is 2.32. The van der Waals surface area contributed by atoms with Crippen molar-refractivity contribution in [3.63, 3.8) is 0 Å². The minimum atomic E-state index is -0.642. The summed E-state index contributed by atoms with van der Waals surface area (Å²) in [4.78, 5) is 4.00. The minimum absolute atomic E-state index is 0.164. The topological polar surface area (TPSA) is 73.0 Å². The first-order valence-electron chi connectivity index (χ1n) is 6.73. The highest BCUT2D eigenvalue weighted by molar-refractivity contribution is 5.53. The lowest BCUT2D eigenvalue weighted by molar-refractivity contribution is -0.104. The summed E-state index contributed by atoms with van der Waals surface area (Å²) in [5, 5.41) is 19.5. The number of aliphatic hydroxyl groups excluding tert-OH is 2. The number of nitrogens with two attached hydrogens (primary N) is 1. The van der Waals surface area contributed by atoms with E-state index < -0.39 is 12.5 Å². The van der Waals surface area contributed by atoms with E-state index in [9.17, 15) is 10.2 Å². The van der Waals surface area contributed by atoms with Crippen LogP contribution in [0.2, 0.25) is 0 Å². The Morgan fingerprint density at radius 1 is 1.21 bits per heavy atom. The second kappa shape index (κ2) is 5.77. The molecule has 0 bridgehead atoms. The van der Waals surface area contributed by atoms with Gasteiger partial charge in [0.1, 0.15) is 12.5 Å². The third kappa shape index (κ3) is 3.18. The van der Waals surface area contributed by atoms with E-state index in [1.807, 2.05) is 24.3 Å². The maximum Gasteiger partial charge on any atom is 0.106 e. The van der Waals surface area contributed by atoms with Crippen molar-refractivity contribution in [2.45, 2.75) is 38.8 Å². The summed E-state index contributed by atoms with van der Waals surface area (Å²) in [5.41, 5.74) is 7.58. The summed E-state index contributed by atoms with van der Waals surface area (Å²) in [6.07, 6.45) is -0.354. The molecule has 0 aliphatic carbocycles. The van der Waals surface area contributed by atoms with Crippen molar-refractivity contribution in [2.75, 3.05) is 23.7 Å². The van der Waals surface area contributed by atoms with Crippen LogP contribution in [-0.4, -0.2) is 46.7 Å². The fraction of sp³-hybridized carbons (Fsp3) is 0.571. The monoisotopic (exact) mass is 265 g/mol. The van der Waals surface area contributed by atoms with Crippen LogP contribution in [-0.2, 0) is 0 Å². The smallest absolute Gasteiger partial charge is 0.106 e. The standard InChI is InChI=1S/C14H23N3O2/c1-10(18)17(11(2)19)14-7-8-16(9-14)13-5-3-12(15)4-6-13/h3-6,10-11,14,18-19H,7-9,15H2,1-2H3. The molecule has 3 unspecified atom stereocenters. The molecule has 1 aromatic carbocycles. The molecule has 0 amide bonds. The van der Waals surface area contributed by atoms with Gasteiger partial charge in [0.15, 0.2) is 0 Å². The average molecular weight is 265 g/mol. The van der Waals surface area contributed by atoms with Crippen LogP contribution in [0.3, 0.4) is 0 Å². The molecule has 19 heavy (non-hydrogen) atoms. The van der Waals surface area contributed by atoms with E-state index >= 15 is 0 Å². The van der Waals surface area contributed by atoms with E-state index in [1.165, 1.54) is 0 Å². The molecule has 0 spiro atoms. The summed E-state index contributed by atoms with van der Waals surface area (Å²) < 4.78 is 0. The molecule has 1 aliphatic heterocycles. The number of benzene rings is 1. The lowest BCUT2D eigenvalue weighted by atomic mass is 10.2. The molecule has 5 heteroatoms. The minimum Gasteiger partial charge on any atom is -0.399 e. The van der Waals surface area contributed by atoms with Gasteiger partial charge in [0, 0.05) is 30.5 Å². The molecule has 1 heterocycles. The van der Waals surface area contributed by atoms with Gasteiger partial charge in [-0.1, -0.05) is 0 Å². The number of anilines is 2. The molecular formula is C14H23N3O2. The molecule has 0 aromatic heterocycles. The van der Waals surface area contributed by atoms with Crippen molar-refractivity contribution in [2.24, 2.45) is 0 Å². The largest absolute Gasteiger partial charge is 0.399 e. The van der Waals surface area contributed by atoms with Crippen LogP contribution in [0.15, 0.2) is 24.3 Å². The summed E-state index contributed by atoms with van der Waals surface area (Å²) >= 11 is 0. The predicted molar refractivity (Wildman–Crippen MR) is 76.7 cm³/mol. The summed E-state index contributed by atoms with van der Waals surface area (Å²) in [6, 6.07) is 7.96. The number of nitrogen functional groups attached to an aromatic ring is 1. The Hall–Kier alpha value is -1.30. The number of hydrogen-bond acceptors (Lipinski definition) is 5. The SMILES string of the molecule is CC(O)N(C(C)O)C1CCN(c2ccc(N)cc2)C1. The molecule has 1 fully saturated rings. The van der Waals surface area contributed by atoms with Gasteiger partial charge in [-0.25, -0.2) is 4.90 Å². The van der Waals surface area contributed by atoms with Gasteiger partial charge in [0.05, 0.1) is 0 Å². The Labute approximate surface area is 114 Å². The van der Waals surface area contributed by atoms with Crippen molar-refractivity contribution in [3.05, 3.63) is 24.3 Å². The lowest BCUT2D eigenvalue weighted by Gasteiger charge is -2.33. The molecule has 106 valence electrons. The van der Waals surface area contributed by atoms with Crippen LogP contribution in [0, 0.1) is 0 Å². The fourth-order valence-corrected chi connectivity index (χ4v) is 2.83. The molecule has 2 rings (SSSR count). The highest BCUT2D eigenvalue weighted by Crippen LogP contribution is 2.25. The van der Waals surface area contributed by atoms with Crippen LogP contribution < -0.4 is 10.6 Å². The van der Waals surface area contributed by atoms with Gasteiger partial charge in [-0.3, -0.25) is 0 Å². The van der Waals surface area contributed by atoms with Crippen LogP contribution >= 0.6 is 0 Å². The van der Waals surface area contributed by atoms with Gasteiger partial charge >= 0.3 is 0 Å². The van der Waals surface area contributed by atoms with Gasteiger partial charge in [-0.05, 0) is 44.5 Å². The zero-order valence-electron chi connectivity index (χ0n) is 11.5. The Balaban J connectivity index is 2.05. The number of aliphatic hydroxyl groups is 2. The Morgan fingerprint density at radius 2 is 1.79 bits per heavy atom. The van der Waals surface area contributed by atoms with Gasteiger partial charge in [0.2, 0.25) is 0 Å². The number of hydrogen-bond donors (Lipinski definition) is 3. The van der Waals surface area contributed by atoms with E-state index in [1.54, 1.807) is 18.7 Å². The Bertz CT molecular complexity index is 398. The number of nitrogens with zero attached hydrogens (tertiary/aromatic N) is 2. The van der Waals surface area contributed by atoms with Crippen molar-refractivity contribution < 1.29 is 10.2 Å². The maximum absolute atomic E-state index is 9.77. The van der Waals surface area contributed by atoms with E-state index in [-0.39, 0.29) is 6.04 Å². The van der Waals surface area contributed by atoms with Crippen LogP contribution in [0.1, 0.15) is 20.3 Å². The first-order chi connectivity index (χ1) is 8.99. The summed E-state index contributed by atoms with van der Waals surface area (Å²) in [7, 11) is 0. The molecule has 3 atom stereocenters. The average Bonchev–Trinajstić information content (AvgIpc) is 2.78. The highest BCUT2D eigenvalue weighted by atomic mass is 16.3. The van der Waals surface area contributed by atoms with Gasteiger partial charge < -0.3 is 20.8 Å². The zero-order valence-corrected chi connectivity index (χ0v) is 11.5. The lowest BCUT2D eigenvalue weighted by Crippen LogP contribution is -2.48. The molecule has 5 nitrogen and oxygen atoms in total. The van der Waals surface area contributed by atoms with E-state index in [0.717, 1.165) is 30.9 Å². The normalized spacial score (nSPS) is 22.8. The maximum atomic E-state index is 9.77. The second-order valence-electron chi connectivity index (χ2n) is 5.19. The first-order valence-corrected chi connectivity index (χ1v) is 6.73. The fourth-order valence-electron chi connectivity index (χ4n) is 2.83. The van der Waals surface area contributed by atoms with Gasteiger partial charge in [-0.2, -0.15) is 0 Å². The van der Waals surface area contributed by atoms with Crippen molar-refractivity contribution >= 4 is 11.4 Å². The quantitative estimate of drug-likeness (QED) is 0.555. The zero-order chi connectivity index (χ0) is 14.0. The molecular weight excluding hydrogens is 242 g/mol. The summed E-state index contributed by atoms with van der Waals surface area (Å²) in [6.45, 7) is 5.11. The third-order valence-corrected chi connectivity index (χ3v) is 3.71. The van der Waals surface area contributed by atoms with E-state index in [0.29, 0.717) is 0 Å². The molecule has 0 saturated carbocycles. The molecule has 0 radical (unpaired) electrons. The van der Waals surface area contributed by atoms with Gasteiger partial charge in [0.25, 0.3) is 0 Å². The van der Waals surface area contributed by atoms with E-state index in [4.69, 9.17) is 5.73 Å². The van der Waals surface area contributed by atoms with Crippen molar-refractivity contribution in [1.82, 2.24) is 4.90 Å².